The Bertz CT molecular complexity index is 253. The lowest BCUT2D eigenvalue weighted by molar-refractivity contribution is -0.621. The van der Waals surface area contributed by atoms with E-state index in [0.29, 0.717) is 23.6 Å². The van der Waals surface area contributed by atoms with Crippen LogP contribution in [0.2, 0.25) is 0 Å². The minimum atomic E-state index is 0.389. The van der Waals surface area contributed by atoms with Crippen molar-refractivity contribution in [3.63, 3.8) is 0 Å². The van der Waals surface area contributed by atoms with Gasteiger partial charge in [0, 0.05) is 13.8 Å². The second-order valence-electron chi connectivity index (χ2n) is 2.55. The van der Waals surface area contributed by atoms with Crippen molar-refractivity contribution in [2.75, 3.05) is 0 Å². The molecule has 4 heteroatoms. The van der Waals surface area contributed by atoms with Crippen molar-refractivity contribution >= 4 is 0 Å². The molecule has 1 aromatic heterocycles. The van der Waals surface area contributed by atoms with Crippen LogP contribution in [0.25, 0.3) is 0 Å². The van der Waals surface area contributed by atoms with Crippen LogP contribution in [0.5, 0.6) is 0 Å². The van der Waals surface area contributed by atoms with Gasteiger partial charge in [-0.1, -0.05) is 6.92 Å². The number of hydrogen-bond donors (Lipinski definition) is 1. The molecule has 1 N–H and O–H groups in total. The first-order valence-corrected chi connectivity index (χ1v) is 3.59. The summed E-state index contributed by atoms with van der Waals surface area (Å²) in [7, 11) is 0. The Labute approximate surface area is 65.2 Å². The van der Waals surface area contributed by atoms with E-state index in [1.165, 1.54) is 0 Å². The second kappa shape index (κ2) is 2.45. The molecule has 0 aromatic carbocycles. The largest absolute Gasteiger partial charge is 0.710 e. The van der Waals surface area contributed by atoms with Crippen molar-refractivity contribution in [1.29, 1.82) is 0 Å². The lowest BCUT2D eigenvalue weighted by atomic mass is 10.4. The summed E-state index contributed by atoms with van der Waals surface area (Å²) in [4.78, 5) is 0. The number of nitrogens with zero attached hydrogens (tertiary/aromatic N) is 2. The van der Waals surface area contributed by atoms with E-state index in [0.717, 1.165) is 9.46 Å². The Kier molecular flexibility index (Phi) is 1.76. The normalized spacial score (nSPS) is 10.5. The van der Waals surface area contributed by atoms with Crippen molar-refractivity contribution in [3.05, 3.63) is 22.4 Å². The van der Waals surface area contributed by atoms with Gasteiger partial charge in [-0.3, -0.25) is 0 Å². The summed E-state index contributed by atoms with van der Waals surface area (Å²) >= 11 is 0. The van der Waals surface area contributed by atoms with E-state index in [4.69, 9.17) is 0 Å². The molecule has 0 aliphatic heterocycles. The Hall–Kier alpha value is -1.19. The number of imidazole rings is 1. The third kappa shape index (κ3) is 0.943. The van der Waals surface area contributed by atoms with E-state index in [1.54, 1.807) is 13.8 Å². The molecule has 1 rings (SSSR count). The molecule has 62 valence electrons. The molecule has 0 aliphatic carbocycles. The maximum atomic E-state index is 11.2. The van der Waals surface area contributed by atoms with Gasteiger partial charge in [-0.05, 0) is 4.73 Å². The van der Waals surface area contributed by atoms with Crippen LogP contribution in [0.15, 0.2) is 0 Å². The Morgan fingerprint density at radius 1 is 1.55 bits per heavy atom. The average Bonchev–Trinajstić information content (AvgIpc) is 2.17. The molecule has 0 saturated heterocycles. The van der Waals surface area contributed by atoms with E-state index in [9.17, 15) is 10.4 Å². The molecule has 11 heavy (non-hydrogen) atoms. The molecule has 0 bridgehead atoms. The molecule has 0 atom stereocenters. The smallest absolute Gasteiger partial charge is 0.299 e. The van der Waals surface area contributed by atoms with Crippen LogP contribution < -0.4 is 4.73 Å². The van der Waals surface area contributed by atoms with Gasteiger partial charge in [0.2, 0.25) is 0 Å². The van der Waals surface area contributed by atoms with Crippen molar-refractivity contribution in [1.82, 2.24) is 4.73 Å². The van der Waals surface area contributed by atoms with Gasteiger partial charge in [-0.25, -0.2) is 4.73 Å². The standard InChI is InChI=1S/C7H12N2O2/c1-4-7-8(10)5(2)6(3)9(7)11/h10H,4H2,1-3H3. The maximum absolute atomic E-state index is 11.2. The molecule has 1 heterocycles. The fourth-order valence-corrected chi connectivity index (χ4v) is 1.07. The third-order valence-corrected chi connectivity index (χ3v) is 1.94. The van der Waals surface area contributed by atoms with Crippen LogP contribution in [0.4, 0.5) is 0 Å². The van der Waals surface area contributed by atoms with Crippen molar-refractivity contribution in [2.24, 2.45) is 0 Å². The van der Waals surface area contributed by atoms with E-state index >= 15 is 0 Å². The molecule has 0 saturated carbocycles. The average molecular weight is 156 g/mol. The van der Waals surface area contributed by atoms with Crippen molar-refractivity contribution in [3.8, 4) is 0 Å². The molecule has 0 amide bonds. The van der Waals surface area contributed by atoms with Crippen molar-refractivity contribution in [2.45, 2.75) is 27.2 Å². The van der Waals surface area contributed by atoms with Gasteiger partial charge >= 0.3 is 0 Å². The van der Waals surface area contributed by atoms with Crippen LogP contribution in [0.3, 0.4) is 0 Å². The molecule has 0 fully saturated rings. The molecular formula is C7H12N2O2. The van der Waals surface area contributed by atoms with E-state index in [2.05, 4.69) is 0 Å². The number of aromatic nitrogens is 2. The van der Waals surface area contributed by atoms with E-state index < -0.39 is 0 Å². The molecule has 1 aromatic rings. The highest BCUT2D eigenvalue weighted by Crippen LogP contribution is 2.04. The first kappa shape index (κ1) is 7.91. The quantitative estimate of drug-likeness (QED) is 0.366. The van der Waals surface area contributed by atoms with E-state index in [1.807, 2.05) is 6.92 Å². The number of hydrogen-bond acceptors (Lipinski definition) is 2. The van der Waals surface area contributed by atoms with Gasteiger partial charge in [0.15, 0.2) is 5.69 Å². The zero-order valence-electron chi connectivity index (χ0n) is 6.96. The summed E-state index contributed by atoms with van der Waals surface area (Å²) in [6, 6.07) is 0. The monoisotopic (exact) mass is 156 g/mol. The minimum Gasteiger partial charge on any atom is -0.710 e. The fourth-order valence-electron chi connectivity index (χ4n) is 1.07. The predicted molar refractivity (Wildman–Crippen MR) is 39.4 cm³/mol. The molecular weight excluding hydrogens is 144 g/mol. The molecule has 0 radical (unpaired) electrons. The maximum Gasteiger partial charge on any atom is 0.299 e. The highest BCUT2D eigenvalue weighted by atomic mass is 16.5. The zero-order chi connectivity index (χ0) is 8.59. The lowest BCUT2D eigenvalue weighted by Gasteiger charge is -2.00. The van der Waals surface area contributed by atoms with Crippen LogP contribution >= 0.6 is 0 Å². The van der Waals surface area contributed by atoms with Crippen LogP contribution in [0, 0.1) is 19.1 Å². The first-order chi connectivity index (χ1) is 5.09. The number of rotatable bonds is 1. The highest BCUT2D eigenvalue weighted by Gasteiger charge is 2.19. The summed E-state index contributed by atoms with van der Waals surface area (Å²) in [5.41, 5.74) is 1.17. The molecule has 0 aliphatic rings. The van der Waals surface area contributed by atoms with Gasteiger partial charge in [-0.2, -0.15) is 0 Å². The summed E-state index contributed by atoms with van der Waals surface area (Å²) in [5, 5.41) is 20.5. The summed E-state index contributed by atoms with van der Waals surface area (Å²) in [6.07, 6.45) is 0.536. The van der Waals surface area contributed by atoms with Gasteiger partial charge in [-0.15, -0.1) is 0 Å². The first-order valence-electron chi connectivity index (χ1n) is 3.59. The topological polar surface area (TPSA) is 52.1 Å². The Balaban J connectivity index is 3.36. The zero-order valence-corrected chi connectivity index (χ0v) is 6.96. The summed E-state index contributed by atoms with van der Waals surface area (Å²) in [5.74, 6) is 0.389. The van der Waals surface area contributed by atoms with Crippen LogP contribution in [-0.4, -0.2) is 9.94 Å². The Morgan fingerprint density at radius 3 is 2.27 bits per heavy atom. The molecule has 4 nitrogen and oxygen atoms in total. The van der Waals surface area contributed by atoms with Crippen LogP contribution in [-0.2, 0) is 6.42 Å². The minimum absolute atomic E-state index is 0.389. The molecule has 0 unspecified atom stereocenters. The van der Waals surface area contributed by atoms with Crippen molar-refractivity contribution < 1.29 is 9.94 Å². The van der Waals surface area contributed by atoms with Gasteiger partial charge < -0.3 is 10.4 Å². The summed E-state index contributed by atoms with van der Waals surface area (Å²) in [6.45, 7) is 5.23. The Morgan fingerprint density at radius 2 is 2.09 bits per heavy atom. The highest BCUT2D eigenvalue weighted by molar-refractivity contribution is 5.05. The second-order valence-corrected chi connectivity index (χ2v) is 2.55. The summed E-state index contributed by atoms with van der Waals surface area (Å²) < 4.78 is 1.71. The van der Waals surface area contributed by atoms with Gasteiger partial charge in [0.1, 0.15) is 5.69 Å². The lowest BCUT2D eigenvalue weighted by Crippen LogP contribution is -2.32. The SMILES string of the molecule is CCc1n(O)c(C)c(C)[n+]1[O-]. The van der Waals surface area contributed by atoms with Crippen LogP contribution in [0.1, 0.15) is 24.1 Å². The fraction of sp³-hybridized carbons (Fsp3) is 0.571. The third-order valence-electron chi connectivity index (χ3n) is 1.94. The van der Waals surface area contributed by atoms with Gasteiger partial charge in [0.05, 0.1) is 6.42 Å². The molecule has 0 spiro atoms. The predicted octanol–water partition coefficient (Wildman–Crippen LogP) is 0.538. The van der Waals surface area contributed by atoms with E-state index in [-0.39, 0.29) is 0 Å². The van der Waals surface area contributed by atoms with Gasteiger partial charge in [0.25, 0.3) is 5.82 Å².